The number of amides is 1. The van der Waals surface area contributed by atoms with E-state index < -0.39 is 16.4 Å². The summed E-state index contributed by atoms with van der Waals surface area (Å²) in [7, 11) is -1.09. The highest BCUT2D eigenvalue weighted by molar-refractivity contribution is 7.85. The van der Waals surface area contributed by atoms with E-state index in [9.17, 15) is 9.00 Å². The van der Waals surface area contributed by atoms with Crippen molar-refractivity contribution in [2.24, 2.45) is 0 Å². The predicted molar refractivity (Wildman–Crippen MR) is 87.2 cm³/mol. The molecule has 1 saturated heterocycles. The molecule has 1 aromatic rings. The molecule has 0 unspecified atom stereocenters. The third-order valence-corrected chi connectivity index (χ3v) is 5.16. The third-order valence-electron chi connectivity index (χ3n) is 3.53. The average Bonchev–Trinajstić information content (AvgIpc) is 2.72. The number of aryl methyl sites for hydroxylation is 1. The number of carbonyl (C=O) groups is 1. The maximum Gasteiger partial charge on any atom is 0.410 e. The maximum absolute atomic E-state index is 12.1. The lowest BCUT2D eigenvalue weighted by atomic mass is 10.1. The van der Waals surface area contributed by atoms with Gasteiger partial charge in [0.2, 0.25) is 5.28 Å². The minimum Gasteiger partial charge on any atom is -0.444 e. The second-order valence-electron chi connectivity index (χ2n) is 6.64. The van der Waals surface area contributed by atoms with Gasteiger partial charge in [-0.05, 0) is 32.4 Å². The number of likely N-dealkylation sites (tertiary alicyclic amines) is 1. The first-order valence-electron chi connectivity index (χ1n) is 7.42. The van der Waals surface area contributed by atoms with Gasteiger partial charge in [-0.15, -0.1) is 0 Å². The van der Waals surface area contributed by atoms with Crippen LogP contribution in [0.5, 0.6) is 0 Å². The number of halogens is 1. The van der Waals surface area contributed by atoms with Crippen molar-refractivity contribution < 1.29 is 13.7 Å². The first kappa shape index (κ1) is 16.4. The second kappa shape index (κ2) is 5.90. The maximum atomic E-state index is 12.1. The largest absolute Gasteiger partial charge is 0.444 e. The van der Waals surface area contributed by atoms with Gasteiger partial charge in [0.25, 0.3) is 0 Å². The van der Waals surface area contributed by atoms with Gasteiger partial charge in [0.05, 0.1) is 22.5 Å². The van der Waals surface area contributed by atoms with E-state index in [0.717, 1.165) is 5.69 Å². The standard InChI is InChI=1S/C14H19ClN4O3S/c1-14(2,3)22-13(20)19-6-8(7-19)16-11-10-9(4-5-23(10)21)17-12(15)18-11/h8H,4-7H2,1-3H3,(H,16,17,18)/t23-/m1/s1. The highest BCUT2D eigenvalue weighted by Gasteiger charge is 2.35. The Bertz CT molecular complexity index is 671. The van der Waals surface area contributed by atoms with Crippen molar-refractivity contribution in [2.45, 2.75) is 43.7 Å². The summed E-state index contributed by atoms with van der Waals surface area (Å²) in [6.07, 6.45) is 0.318. The molecule has 0 aliphatic carbocycles. The van der Waals surface area contributed by atoms with Crippen LogP contribution in [0.1, 0.15) is 26.5 Å². The zero-order chi connectivity index (χ0) is 16.8. The molecule has 0 bridgehead atoms. The Balaban J connectivity index is 1.63. The number of nitrogens with zero attached hydrogens (tertiary/aromatic N) is 3. The van der Waals surface area contributed by atoms with E-state index in [1.807, 2.05) is 20.8 Å². The highest BCUT2D eigenvalue weighted by Crippen LogP contribution is 2.30. The second-order valence-corrected chi connectivity index (χ2v) is 8.49. The normalized spacial score (nSPS) is 20.9. The van der Waals surface area contributed by atoms with Crippen molar-refractivity contribution in [3.05, 3.63) is 11.0 Å². The van der Waals surface area contributed by atoms with Crippen LogP contribution in [0.4, 0.5) is 10.6 Å². The zero-order valence-electron chi connectivity index (χ0n) is 13.3. The molecule has 3 heterocycles. The Kier molecular flexibility index (Phi) is 4.22. The quantitative estimate of drug-likeness (QED) is 0.812. The molecule has 7 nitrogen and oxygen atoms in total. The molecule has 1 N–H and O–H groups in total. The van der Waals surface area contributed by atoms with Crippen LogP contribution in [0.25, 0.3) is 0 Å². The first-order chi connectivity index (χ1) is 10.7. The van der Waals surface area contributed by atoms with Gasteiger partial charge in [0, 0.05) is 25.3 Å². The van der Waals surface area contributed by atoms with Crippen LogP contribution in [0, 0.1) is 0 Å². The van der Waals surface area contributed by atoms with Gasteiger partial charge in [-0.1, -0.05) is 0 Å². The lowest BCUT2D eigenvalue weighted by Crippen LogP contribution is -2.58. The minimum atomic E-state index is -1.09. The number of carbonyl (C=O) groups excluding carboxylic acids is 1. The van der Waals surface area contributed by atoms with Gasteiger partial charge >= 0.3 is 6.09 Å². The van der Waals surface area contributed by atoms with E-state index in [4.69, 9.17) is 16.3 Å². The van der Waals surface area contributed by atoms with E-state index in [1.54, 1.807) is 4.90 Å². The Hall–Kier alpha value is -1.41. The molecule has 0 aromatic carbocycles. The van der Waals surface area contributed by atoms with Crippen LogP contribution < -0.4 is 5.32 Å². The smallest absolute Gasteiger partial charge is 0.410 e. The van der Waals surface area contributed by atoms with Gasteiger partial charge in [-0.25, -0.2) is 9.78 Å². The molecule has 0 saturated carbocycles. The summed E-state index contributed by atoms with van der Waals surface area (Å²) in [6, 6.07) is 0.0372. The number of nitrogens with one attached hydrogen (secondary N) is 1. The number of fused-ring (bicyclic) bond motifs is 1. The molecular formula is C14H19ClN4O3S. The summed E-state index contributed by atoms with van der Waals surface area (Å²) in [5.41, 5.74) is 0.238. The van der Waals surface area contributed by atoms with Crippen LogP contribution >= 0.6 is 11.6 Å². The molecule has 2 aliphatic rings. The van der Waals surface area contributed by atoms with Crippen molar-refractivity contribution in [1.29, 1.82) is 0 Å². The number of hydrogen-bond donors (Lipinski definition) is 1. The molecule has 1 atom stereocenters. The summed E-state index contributed by atoms with van der Waals surface area (Å²) >= 11 is 5.93. The van der Waals surface area contributed by atoms with Crippen LogP contribution in [-0.4, -0.2) is 55.7 Å². The molecule has 9 heteroatoms. The van der Waals surface area contributed by atoms with Crippen molar-refractivity contribution in [1.82, 2.24) is 14.9 Å². The Morgan fingerprint density at radius 2 is 2.09 bits per heavy atom. The molecule has 3 rings (SSSR count). The lowest BCUT2D eigenvalue weighted by Gasteiger charge is -2.40. The first-order valence-corrected chi connectivity index (χ1v) is 9.12. The Morgan fingerprint density at radius 1 is 1.39 bits per heavy atom. The van der Waals surface area contributed by atoms with Crippen LogP contribution in [-0.2, 0) is 22.0 Å². The summed E-state index contributed by atoms with van der Waals surface area (Å²) in [6.45, 7) is 6.53. The topological polar surface area (TPSA) is 84.4 Å². The molecule has 2 aliphatic heterocycles. The fourth-order valence-electron chi connectivity index (χ4n) is 2.50. The van der Waals surface area contributed by atoms with Crippen molar-refractivity contribution in [2.75, 3.05) is 24.2 Å². The fourth-order valence-corrected chi connectivity index (χ4v) is 4.00. The van der Waals surface area contributed by atoms with Crippen LogP contribution in [0.15, 0.2) is 4.90 Å². The molecule has 1 aromatic heterocycles. The molecular weight excluding hydrogens is 340 g/mol. The van der Waals surface area contributed by atoms with Gasteiger partial charge in [0.1, 0.15) is 16.3 Å². The molecule has 23 heavy (non-hydrogen) atoms. The van der Waals surface area contributed by atoms with E-state index in [2.05, 4.69) is 15.3 Å². The third kappa shape index (κ3) is 3.58. The lowest BCUT2D eigenvalue weighted by molar-refractivity contribution is 0.0104. The van der Waals surface area contributed by atoms with E-state index >= 15 is 0 Å². The van der Waals surface area contributed by atoms with Crippen molar-refractivity contribution in [3.63, 3.8) is 0 Å². The number of ether oxygens (including phenoxy) is 1. The number of anilines is 1. The van der Waals surface area contributed by atoms with Crippen LogP contribution in [0.2, 0.25) is 5.28 Å². The minimum absolute atomic E-state index is 0.0372. The Morgan fingerprint density at radius 3 is 2.74 bits per heavy atom. The molecule has 1 fully saturated rings. The van der Waals surface area contributed by atoms with Gasteiger partial charge in [0.15, 0.2) is 0 Å². The molecule has 0 radical (unpaired) electrons. The summed E-state index contributed by atoms with van der Waals surface area (Å²) in [5, 5.41) is 3.37. The van der Waals surface area contributed by atoms with Crippen LogP contribution in [0.3, 0.4) is 0 Å². The molecule has 126 valence electrons. The van der Waals surface area contributed by atoms with E-state index in [1.165, 1.54) is 0 Å². The van der Waals surface area contributed by atoms with Crippen molar-refractivity contribution in [3.8, 4) is 0 Å². The molecule has 0 spiro atoms. The Labute approximate surface area is 142 Å². The average molecular weight is 359 g/mol. The fraction of sp³-hybridized carbons (Fsp3) is 0.643. The van der Waals surface area contributed by atoms with Crippen molar-refractivity contribution >= 4 is 34.3 Å². The summed E-state index contributed by atoms with van der Waals surface area (Å²) < 4.78 is 17.4. The number of rotatable bonds is 2. The highest BCUT2D eigenvalue weighted by atomic mass is 35.5. The zero-order valence-corrected chi connectivity index (χ0v) is 14.8. The van der Waals surface area contributed by atoms with E-state index in [-0.39, 0.29) is 17.4 Å². The summed E-state index contributed by atoms with van der Waals surface area (Å²) in [4.78, 5) is 22.5. The monoisotopic (exact) mass is 358 g/mol. The molecule has 1 amide bonds. The number of hydrogen-bond acceptors (Lipinski definition) is 6. The number of aromatic nitrogens is 2. The SMILES string of the molecule is CC(C)(C)OC(=O)N1CC(Nc2nc(Cl)nc3c2[S@](=O)CC3)C1. The summed E-state index contributed by atoms with van der Waals surface area (Å²) in [5.74, 6) is 1.07. The van der Waals surface area contributed by atoms with E-state index in [0.29, 0.717) is 36.0 Å². The van der Waals surface area contributed by atoms with Gasteiger partial charge in [-0.2, -0.15) is 4.98 Å². The predicted octanol–water partition coefficient (Wildman–Crippen LogP) is 1.82. The van der Waals surface area contributed by atoms with Gasteiger partial charge < -0.3 is 15.0 Å². The van der Waals surface area contributed by atoms with Gasteiger partial charge in [-0.3, -0.25) is 4.21 Å².